The summed E-state index contributed by atoms with van der Waals surface area (Å²) in [5.41, 5.74) is 0. The van der Waals surface area contributed by atoms with Gasteiger partial charge in [0.2, 0.25) is 0 Å². The van der Waals surface area contributed by atoms with E-state index in [-0.39, 0.29) is 25.2 Å². The van der Waals surface area contributed by atoms with Gasteiger partial charge in [0, 0.05) is 6.54 Å². The lowest BCUT2D eigenvalue weighted by atomic mass is 10.2. The predicted octanol–water partition coefficient (Wildman–Crippen LogP) is 1.14. The lowest BCUT2D eigenvalue weighted by Crippen LogP contribution is -2.52. The largest absolute Gasteiger partial charge is 0.479 e. The highest BCUT2D eigenvalue weighted by molar-refractivity contribution is 5.77. The van der Waals surface area contributed by atoms with Crippen LogP contribution in [0.15, 0.2) is 16.5 Å². The zero-order chi connectivity index (χ0) is 14.7. The van der Waals surface area contributed by atoms with Crippen molar-refractivity contribution in [2.24, 2.45) is 0 Å². The highest BCUT2D eigenvalue weighted by Gasteiger charge is 2.29. The number of carbonyl (C=O) groups is 2. The molecule has 1 aliphatic heterocycles. The molecule has 1 saturated heterocycles. The molecule has 2 amide bonds. The molecule has 0 bridgehead atoms. The summed E-state index contributed by atoms with van der Waals surface area (Å²) in [4.78, 5) is 24.4. The van der Waals surface area contributed by atoms with E-state index < -0.39 is 12.1 Å². The standard InChI is InChI=1S/C13H18N2O5/c1-8-3-4-10(20-8)9(2)14-13(18)15-5-6-19-11(7-15)12(16)17/h3-4,9,11H,5-7H2,1-2H3,(H,14,18)(H,16,17). The van der Waals surface area contributed by atoms with Crippen LogP contribution in [0.5, 0.6) is 0 Å². The van der Waals surface area contributed by atoms with E-state index in [4.69, 9.17) is 14.3 Å². The average molecular weight is 282 g/mol. The number of rotatable bonds is 3. The van der Waals surface area contributed by atoms with E-state index >= 15 is 0 Å². The summed E-state index contributed by atoms with van der Waals surface area (Å²) in [7, 11) is 0. The molecule has 0 spiro atoms. The fourth-order valence-electron chi connectivity index (χ4n) is 2.02. The Morgan fingerprint density at radius 1 is 1.50 bits per heavy atom. The minimum Gasteiger partial charge on any atom is -0.479 e. The first-order valence-corrected chi connectivity index (χ1v) is 6.43. The monoisotopic (exact) mass is 282 g/mol. The first-order valence-electron chi connectivity index (χ1n) is 6.43. The molecule has 2 atom stereocenters. The third-order valence-electron chi connectivity index (χ3n) is 3.16. The van der Waals surface area contributed by atoms with Gasteiger partial charge in [0.1, 0.15) is 11.5 Å². The van der Waals surface area contributed by atoms with E-state index in [9.17, 15) is 9.59 Å². The summed E-state index contributed by atoms with van der Waals surface area (Å²) >= 11 is 0. The predicted molar refractivity (Wildman–Crippen MR) is 69.3 cm³/mol. The van der Waals surface area contributed by atoms with Gasteiger partial charge in [-0.2, -0.15) is 0 Å². The highest BCUT2D eigenvalue weighted by Crippen LogP contribution is 2.16. The Labute approximate surface area is 116 Å². The SMILES string of the molecule is Cc1ccc(C(C)NC(=O)N2CCOC(C(=O)O)C2)o1. The Bertz CT molecular complexity index is 499. The van der Waals surface area contributed by atoms with E-state index in [2.05, 4.69) is 5.32 Å². The Morgan fingerprint density at radius 3 is 2.85 bits per heavy atom. The molecule has 0 aromatic carbocycles. The molecule has 0 aliphatic carbocycles. The van der Waals surface area contributed by atoms with Gasteiger partial charge >= 0.3 is 12.0 Å². The van der Waals surface area contributed by atoms with Gasteiger partial charge < -0.3 is 24.5 Å². The normalized spacial score (nSPS) is 20.5. The second kappa shape index (κ2) is 5.96. The molecule has 1 aliphatic rings. The van der Waals surface area contributed by atoms with Crippen molar-refractivity contribution < 1.29 is 23.8 Å². The minimum atomic E-state index is -1.06. The molecule has 2 unspecified atom stereocenters. The number of aliphatic carboxylic acids is 1. The van der Waals surface area contributed by atoms with Crippen LogP contribution in [0.25, 0.3) is 0 Å². The molecular formula is C13H18N2O5. The van der Waals surface area contributed by atoms with Crippen molar-refractivity contribution in [2.45, 2.75) is 26.0 Å². The van der Waals surface area contributed by atoms with Gasteiger partial charge in [-0.05, 0) is 26.0 Å². The minimum absolute atomic E-state index is 0.0467. The topological polar surface area (TPSA) is 92.0 Å². The maximum atomic E-state index is 12.1. The number of ether oxygens (including phenoxy) is 1. The van der Waals surface area contributed by atoms with Crippen molar-refractivity contribution in [1.82, 2.24) is 10.2 Å². The summed E-state index contributed by atoms with van der Waals surface area (Å²) in [6, 6.07) is 3.04. The lowest BCUT2D eigenvalue weighted by molar-refractivity contribution is -0.154. The zero-order valence-electron chi connectivity index (χ0n) is 11.5. The quantitative estimate of drug-likeness (QED) is 0.867. The molecule has 1 aromatic rings. The molecule has 0 radical (unpaired) electrons. The van der Waals surface area contributed by atoms with Crippen molar-refractivity contribution in [3.63, 3.8) is 0 Å². The number of nitrogens with zero attached hydrogens (tertiary/aromatic N) is 1. The fourth-order valence-corrected chi connectivity index (χ4v) is 2.02. The molecule has 2 heterocycles. The summed E-state index contributed by atoms with van der Waals surface area (Å²) < 4.78 is 10.5. The Hall–Kier alpha value is -2.02. The maximum absolute atomic E-state index is 12.1. The van der Waals surface area contributed by atoms with Crippen molar-refractivity contribution in [3.8, 4) is 0 Å². The van der Waals surface area contributed by atoms with Crippen LogP contribution in [-0.4, -0.2) is 47.8 Å². The molecule has 1 fully saturated rings. The number of carboxylic acids is 1. The number of furan rings is 1. The third kappa shape index (κ3) is 3.30. The average Bonchev–Trinajstić information content (AvgIpc) is 2.85. The second-order valence-corrected chi connectivity index (χ2v) is 4.76. The third-order valence-corrected chi connectivity index (χ3v) is 3.16. The van der Waals surface area contributed by atoms with Crippen LogP contribution in [0.4, 0.5) is 4.79 Å². The van der Waals surface area contributed by atoms with Gasteiger partial charge in [-0.1, -0.05) is 0 Å². The highest BCUT2D eigenvalue weighted by atomic mass is 16.5. The molecule has 0 saturated carbocycles. The van der Waals surface area contributed by atoms with Crippen molar-refractivity contribution >= 4 is 12.0 Å². The number of urea groups is 1. The number of hydrogen-bond donors (Lipinski definition) is 2. The van der Waals surface area contributed by atoms with Crippen molar-refractivity contribution in [3.05, 3.63) is 23.7 Å². The van der Waals surface area contributed by atoms with Crippen LogP contribution < -0.4 is 5.32 Å². The molecule has 110 valence electrons. The fraction of sp³-hybridized carbons (Fsp3) is 0.538. The van der Waals surface area contributed by atoms with E-state index in [1.54, 1.807) is 6.07 Å². The lowest BCUT2D eigenvalue weighted by Gasteiger charge is -2.31. The Morgan fingerprint density at radius 2 is 2.25 bits per heavy atom. The number of nitrogens with one attached hydrogen (secondary N) is 1. The van der Waals surface area contributed by atoms with Gasteiger partial charge in [-0.15, -0.1) is 0 Å². The van der Waals surface area contributed by atoms with Crippen LogP contribution in [0, 0.1) is 6.92 Å². The number of hydrogen-bond acceptors (Lipinski definition) is 4. The van der Waals surface area contributed by atoms with E-state index in [0.717, 1.165) is 5.76 Å². The maximum Gasteiger partial charge on any atom is 0.334 e. The number of aryl methyl sites for hydroxylation is 1. The van der Waals surface area contributed by atoms with E-state index in [1.165, 1.54) is 4.90 Å². The number of carbonyl (C=O) groups excluding carboxylic acids is 1. The summed E-state index contributed by atoms with van der Waals surface area (Å²) in [6.07, 6.45) is -0.962. The first-order chi connectivity index (χ1) is 9.47. The molecular weight excluding hydrogens is 264 g/mol. The van der Waals surface area contributed by atoms with Crippen molar-refractivity contribution in [2.75, 3.05) is 19.7 Å². The summed E-state index contributed by atoms with van der Waals surface area (Å²) in [5, 5.41) is 11.7. The first kappa shape index (κ1) is 14.4. The smallest absolute Gasteiger partial charge is 0.334 e. The number of carboxylic acid groups (broad SMARTS) is 1. The number of amides is 2. The van der Waals surface area contributed by atoms with E-state index in [1.807, 2.05) is 19.9 Å². The van der Waals surface area contributed by atoms with Crippen LogP contribution in [0.1, 0.15) is 24.5 Å². The van der Waals surface area contributed by atoms with Crippen LogP contribution >= 0.6 is 0 Å². The van der Waals surface area contributed by atoms with Crippen LogP contribution in [0.2, 0.25) is 0 Å². The van der Waals surface area contributed by atoms with Crippen LogP contribution in [-0.2, 0) is 9.53 Å². The summed E-state index contributed by atoms with van der Waals surface area (Å²) in [5.74, 6) is 0.384. The summed E-state index contributed by atoms with van der Waals surface area (Å²) in [6.45, 7) is 4.28. The van der Waals surface area contributed by atoms with E-state index in [0.29, 0.717) is 12.3 Å². The molecule has 20 heavy (non-hydrogen) atoms. The second-order valence-electron chi connectivity index (χ2n) is 4.76. The molecule has 7 nitrogen and oxygen atoms in total. The van der Waals surface area contributed by atoms with Gasteiger partial charge in [0.15, 0.2) is 6.10 Å². The molecule has 2 N–H and O–H groups in total. The molecule has 2 rings (SSSR count). The van der Waals surface area contributed by atoms with Gasteiger partial charge in [0.25, 0.3) is 0 Å². The van der Waals surface area contributed by atoms with Gasteiger partial charge in [-0.3, -0.25) is 0 Å². The Kier molecular flexibility index (Phi) is 4.29. The Balaban J connectivity index is 1.92. The van der Waals surface area contributed by atoms with Crippen molar-refractivity contribution in [1.29, 1.82) is 0 Å². The van der Waals surface area contributed by atoms with Crippen LogP contribution in [0.3, 0.4) is 0 Å². The molecule has 1 aromatic heterocycles. The number of morpholine rings is 1. The van der Waals surface area contributed by atoms with Gasteiger partial charge in [0.05, 0.1) is 19.2 Å². The molecule has 7 heteroatoms. The van der Waals surface area contributed by atoms with Gasteiger partial charge in [-0.25, -0.2) is 9.59 Å². The zero-order valence-corrected chi connectivity index (χ0v) is 11.5.